The Morgan fingerprint density at radius 1 is 1.48 bits per heavy atom. The zero-order valence-electron chi connectivity index (χ0n) is 11.6. The van der Waals surface area contributed by atoms with Gasteiger partial charge in [0.05, 0.1) is 6.10 Å². The van der Waals surface area contributed by atoms with Crippen LogP contribution in [0.4, 0.5) is 0 Å². The van der Waals surface area contributed by atoms with Gasteiger partial charge in [0, 0.05) is 24.2 Å². The molecule has 2 rings (SSSR count). The maximum atomic E-state index is 12.5. The summed E-state index contributed by atoms with van der Waals surface area (Å²) in [7, 11) is 0. The monoisotopic (exact) mass is 312 g/mol. The standard InChI is InChI=1S/C14H17ClN2O4/c1-2-3-9-4-8(5-12(15)16-9)13(19)17-7-10(18)6-11(17)14(20)21/h4-5,10-11,18H,2-3,6-7H2,1H3,(H,20,21)/t10-,11+/m1/s1. The first kappa shape index (κ1) is 15.7. The normalized spacial score (nSPS) is 21.6. The van der Waals surface area contributed by atoms with Gasteiger partial charge in [-0.05, 0) is 18.6 Å². The lowest BCUT2D eigenvalue weighted by Gasteiger charge is -2.21. The molecule has 2 atom stereocenters. The third kappa shape index (κ3) is 3.51. The number of β-amino-alcohol motifs (C(OH)–C–C–N with tert-alkyl or cyclic N) is 1. The Labute approximate surface area is 127 Å². The molecule has 1 fully saturated rings. The van der Waals surface area contributed by atoms with E-state index in [0.29, 0.717) is 17.7 Å². The highest BCUT2D eigenvalue weighted by Crippen LogP contribution is 2.22. The topological polar surface area (TPSA) is 90.7 Å². The lowest BCUT2D eigenvalue weighted by Crippen LogP contribution is -2.40. The first-order valence-corrected chi connectivity index (χ1v) is 7.18. The molecule has 0 aliphatic carbocycles. The van der Waals surface area contributed by atoms with Crippen molar-refractivity contribution in [2.24, 2.45) is 0 Å². The van der Waals surface area contributed by atoms with Crippen molar-refractivity contribution in [1.29, 1.82) is 0 Å². The number of halogens is 1. The van der Waals surface area contributed by atoms with E-state index in [1.165, 1.54) is 11.0 Å². The summed E-state index contributed by atoms with van der Waals surface area (Å²) in [6, 6.07) is 2.04. The summed E-state index contributed by atoms with van der Waals surface area (Å²) in [5.74, 6) is -1.56. The number of carboxylic acid groups (broad SMARTS) is 1. The summed E-state index contributed by atoms with van der Waals surface area (Å²) in [5.41, 5.74) is 0.999. The highest BCUT2D eigenvalue weighted by atomic mass is 35.5. The van der Waals surface area contributed by atoms with E-state index in [2.05, 4.69) is 4.98 Å². The third-order valence-corrected chi connectivity index (χ3v) is 3.62. The summed E-state index contributed by atoms with van der Waals surface area (Å²) >= 11 is 5.92. The Bertz CT molecular complexity index is 564. The lowest BCUT2D eigenvalue weighted by molar-refractivity contribution is -0.141. The fraction of sp³-hybridized carbons (Fsp3) is 0.500. The highest BCUT2D eigenvalue weighted by molar-refractivity contribution is 6.29. The van der Waals surface area contributed by atoms with Crippen molar-refractivity contribution in [3.8, 4) is 0 Å². The largest absolute Gasteiger partial charge is 0.480 e. The SMILES string of the molecule is CCCc1cc(C(=O)N2C[C@H](O)C[C@H]2C(=O)O)cc(Cl)n1. The molecule has 114 valence electrons. The van der Waals surface area contributed by atoms with Crippen LogP contribution in [0.3, 0.4) is 0 Å². The van der Waals surface area contributed by atoms with Crippen molar-refractivity contribution in [2.45, 2.75) is 38.3 Å². The molecule has 2 heterocycles. The van der Waals surface area contributed by atoms with Gasteiger partial charge >= 0.3 is 5.97 Å². The molecule has 7 heteroatoms. The average molecular weight is 313 g/mol. The number of carbonyl (C=O) groups is 2. The molecule has 1 aliphatic rings. The number of aliphatic carboxylic acids is 1. The van der Waals surface area contributed by atoms with Crippen molar-refractivity contribution in [3.63, 3.8) is 0 Å². The van der Waals surface area contributed by atoms with Crippen LogP contribution in [-0.4, -0.2) is 50.7 Å². The number of aliphatic hydroxyl groups is 1. The molecule has 21 heavy (non-hydrogen) atoms. The molecule has 0 unspecified atom stereocenters. The van der Waals surface area contributed by atoms with Crippen LogP contribution in [0.25, 0.3) is 0 Å². The first-order chi connectivity index (χ1) is 9.92. The molecule has 6 nitrogen and oxygen atoms in total. The number of aryl methyl sites for hydroxylation is 1. The molecule has 1 aromatic heterocycles. The molecular weight excluding hydrogens is 296 g/mol. The van der Waals surface area contributed by atoms with E-state index >= 15 is 0 Å². The molecule has 0 spiro atoms. The second kappa shape index (κ2) is 6.41. The summed E-state index contributed by atoms with van der Waals surface area (Å²) < 4.78 is 0. The van der Waals surface area contributed by atoms with Crippen LogP contribution in [0.1, 0.15) is 35.8 Å². The minimum absolute atomic E-state index is 0.0128. The van der Waals surface area contributed by atoms with Gasteiger partial charge in [0.2, 0.25) is 0 Å². The Kier molecular flexibility index (Phi) is 4.80. The van der Waals surface area contributed by atoms with Crippen molar-refractivity contribution in [3.05, 3.63) is 28.5 Å². The summed E-state index contributed by atoms with van der Waals surface area (Å²) in [6.45, 7) is 2.00. The third-order valence-electron chi connectivity index (χ3n) is 3.43. The Hall–Kier alpha value is -1.66. The van der Waals surface area contributed by atoms with Gasteiger partial charge in [-0.25, -0.2) is 9.78 Å². The average Bonchev–Trinajstić information content (AvgIpc) is 2.80. The van der Waals surface area contributed by atoms with Crippen molar-refractivity contribution >= 4 is 23.5 Å². The van der Waals surface area contributed by atoms with Gasteiger partial charge in [-0.3, -0.25) is 4.79 Å². The van der Waals surface area contributed by atoms with Crippen LogP contribution in [0.2, 0.25) is 5.15 Å². The number of carboxylic acids is 1. The maximum Gasteiger partial charge on any atom is 0.326 e. The second-order valence-electron chi connectivity index (χ2n) is 5.12. The number of amides is 1. The molecule has 0 bridgehead atoms. The van der Waals surface area contributed by atoms with E-state index in [1.807, 2.05) is 6.92 Å². The number of hydrogen-bond acceptors (Lipinski definition) is 4. The van der Waals surface area contributed by atoms with Crippen LogP contribution in [0.15, 0.2) is 12.1 Å². The zero-order chi connectivity index (χ0) is 15.6. The van der Waals surface area contributed by atoms with Gasteiger partial charge in [-0.2, -0.15) is 0 Å². The zero-order valence-corrected chi connectivity index (χ0v) is 12.4. The van der Waals surface area contributed by atoms with E-state index in [9.17, 15) is 14.7 Å². The molecule has 1 aromatic rings. The number of aliphatic hydroxyl groups excluding tert-OH is 1. The van der Waals surface area contributed by atoms with Crippen LogP contribution in [0, 0.1) is 0 Å². The molecule has 2 N–H and O–H groups in total. The molecule has 1 amide bonds. The highest BCUT2D eigenvalue weighted by Gasteiger charge is 2.39. The predicted molar refractivity (Wildman–Crippen MR) is 76.3 cm³/mol. The number of rotatable bonds is 4. The number of hydrogen-bond donors (Lipinski definition) is 2. The Morgan fingerprint density at radius 2 is 2.19 bits per heavy atom. The Morgan fingerprint density at radius 3 is 2.81 bits per heavy atom. The maximum absolute atomic E-state index is 12.5. The number of carbonyl (C=O) groups excluding carboxylic acids is 1. The molecule has 0 saturated carbocycles. The van der Waals surface area contributed by atoms with Crippen molar-refractivity contribution in [1.82, 2.24) is 9.88 Å². The van der Waals surface area contributed by atoms with Gasteiger partial charge in [0.1, 0.15) is 11.2 Å². The van der Waals surface area contributed by atoms with Gasteiger partial charge in [0.25, 0.3) is 5.91 Å². The number of aromatic nitrogens is 1. The molecule has 1 saturated heterocycles. The summed E-state index contributed by atoms with van der Waals surface area (Å²) in [4.78, 5) is 29.0. The van der Waals surface area contributed by atoms with Gasteiger partial charge in [-0.15, -0.1) is 0 Å². The number of likely N-dealkylation sites (tertiary alicyclic amines) is 1. The summed E-state index contributed by atoms with van der Waals surface area (Å²) in [6.07, 6.45) is 0.775. The van der Waals surface area contributed by atoms with Crippen LogP contribution < -0.4 is 0 Å². The summed E-state index contributed by atoms with van der Waals surface area (Å²) in [5, 5.41) is 19.0. The van der Waals surface area contributed by atoms with Gasteiger partial charge < -0.3 is 15.1 Å². The predicted octanol–water partition coefficient (Wildman–Crippen LogP) is 1.35. The molecule has 1 aliphatic heterocycles. The molecule has 0 aromatic carbocycles. The lowest BCUT2D eigenvalue weighted by atomic mass is 10.1. The van der Waals surface area contributed by atoms with Crippen molar-refractivity contribution < 1.29 is 19.8 Å². The molecular formula is C14H17ClN2O4. The van der Waals surface area contributed by atoms with Crippen LogP contribution >= 0.6 is 11.6 Å². The second-order valence-corrected chi connectivity index (χ2v) is 5.51. The van der Waals surface area contributed by atoms with Gasteiger partial charge in [-0.1, -0.05) is 24.9 Å². The smallest absolute Gasteiger partial charge is 0.326 e. The Balaban J connectivity index is 2.28. The molecule has 0 radical (unpaired) electrons. The van der Waals surface area contributed by atoms with E-state index in [1.54, 1.807) is 6.07 Å². The minimum atomic E-state index is -1.12. The number of pyridine rings is 1. The fourth-order valence-corrected chi connectivity index (χ4v) is 2.72. The van der Waals surface area contributed by atoms with Gasteiger partial charge in [0.15, 0.2) is 0 Å². The van der Waals surface area contributed by atoms with E-state index in [-0.39, 0.29) is 18.1 Å². The van der Waals surface area contributed by atoms with Crippen LogP contribution in [0.5, 0.6) is 0 Å². The van der Waals surface area contributed by atoms with Crippen LogP contribution in [-0.2, 0) is 11.2 Å². The number of nitrogens with zero attached hydrogens (tertiary/aromatic N) is 2. The van der Waals surface area contributed by atoms with E-state index < -0.39 is 24.0 Å². The first-order valence-electron chi connectivity index (χ1n) is 6.80. The van der Waals surface area contributed by atoms with E-state index in [0.717, 1.165) is 6.42 Å². The van der Waals surface area contributed by atoms with E-state index in [4.69, 9.17) is 16.7 Å². The fourth-order valence-electron chi connectivity index (χ4n) is 2.50. The van der Waals surface area contributed by atoms with Crippen molar-refractivity contribution in [2.75, 3.05) is 6.54 Å². The minimum Gasteiger partial charge on any atom is -0.480 e. The quantitative estimate of drug-likeness (QED) is 0.819.